The smallest absolute Gasteiger partial charge is 0.179 e. The summed E-state index contributed by atoms with van der Waals surface area (Å²) in [6.07, 6.45) is 4.63. The molecule has 24 heavy (non-hydrogen) atoms. The van der Waals surface area contributed by atoms with Crippen LogP contribution in [0.15, 0.2) is 24.3 Å². The monoisotopic (exact) mass is 346 g/mol. The van der Waals surface area contributed by atoms with E-state index in [0.717, 1.165) is 12.8 Å². The molecule has 6 nitrogen and oxygen atoms in total. The van der Waals surface area contributed by atoms with Crippen LogP contribution >= 0.6 is 11.6 Å². The summed E-state index contributed by atoms with van der Waals surface area (Å²) in [5.74, 6) is 0.296. The second-order valence-electron chi connectivity index (χ2n) is 6.00. The molecule has 1 aliphatic rings. The lowest BCUT2D eigenvalue weighted by atomic mass is 10.2. The summed E-state index contributed by atoms with van der Waals surface area (Å²) in [4.78, 5) is 0. The fourth-order valence-corrected chi connectivity index (χ4v) is 3.35. The Morgan fingerprint density at radius 3 is 2.75 bits per heavy atom. The number of aromatic nitrogens is 5. The molecule has 124 valence electrons. The van der Waals surface area contributed by atoms with Crippen LogP contribution in [0.2, 0.25) is 5.15 Å². The predicted molar refractivity (Wildman–Crippen MR) is 89.5 cm³/mol. The minimum atomic E-state index is -0.288. The Morgan fingerprint density at radius 1 is 1.17 bits per heavy atom. The first-order chi connectivity index (χ1) is 11.7. The van der Waals surface area contributed by atoms with Gasteiger partial charge < -0.3 is 5.32 Å². The van der Waals surface area contributed by atoms with Crippen LogP contribution in [0, 0.1) is 5.82 Å². The third kappa shape index (κ3) is 2.80. The number of nitrogens with zero attached hydrogens (tertiary/aromatic N) is 5. The van der Waals surface area contributed by atoms with Crippen LogP contribution in [-0.2, 0) is 6.54 Å². The number of benzene rings is 1. The van der Waals surface area contributed by atoms with E-state index in [1.807, 2.05) is 0 Å². The van der Waals surface area contributed by atoms with E-state index in [0.29, 0.717) is 28.5 Å². The molecule has 0 amide bonds. The molecule has 2 heterocycles. The fraction of sp³-hybridized carbons (Fsp3) is 0.375. The van der Waals surface area contributed by atoms with Crippen molar-refractivity contribution in [3.8, 4) is 0 Å². The molecular formula is C16H16ClFN6. The van der Waals surface area contributed by atoms with Crippen molar-refractivity contribution in [1.29, 1.82) is 0 Å². The van der Waals surface area contributed by atoms with Gasteiger partial charge >= 0.3 is 0 Å². The van der Waals surface area contributed by atoms with Gasteiger partial charge in [0.15, 0.2) is 16.5 Å². The van der Waals surface area contributed by atoms with E-state index in [2.05, 4.69) is 25.8 Å². The molecule has 1 fully saturated rings. The highest BCUT2D eigenvalue weighted by Gasteiger charge is 2.21. The average molecular weight is 347 g/mol. The van der Waals surface area contributed by atoms with Crippen LogP contribution < -0.4 is 5.32 Å². The highest BCUT2D eigenvalue weighted by Crippen LogP contribution is 2.28. The molecule has 1 aliphatic carbocycles. The molecule has 1 saturated carbocycles. The van der Waals surface area contributed by atoms with E-state index in [9.17, 15) is 4.39 Å². The molecule has 0 spiro atoms. The van der Waals surface area contributed by atoms with Gasteiger partial charge in [-0.05, 0) is 18.9 Å². The molecule has 8 heteroatoms. The Kier molecular flexibility index (Phi) is 4.02. The lowest BCUT2D eigenvalue weighted by Crippen LogP contribution is -2.16. The Morgan fingerprint density at radius 2 is 1.96 bits per heavy atom. The molecule has 0 aliphatic heterocycles. The maximum atomic E-state index is 13.9. The number of halogens is 2. The Labute approximate surface area is 143 Å². The van der Waals surface area contributed by atoms with Crippen molar-refractivity contribution >= 4 is 28.5 Å². The van der Waals surface area contributed by atoms with Crippen LogP contribution in [0.4, 0.5) is 10.2 Å². The number of hydrogen-bond donors (Lipinski definition) is 1. The average Bonchev–Trinajstić information content (AvgIpc) is 3.23. The molecule has 4 rings (SSSR count). The van der Waals surface area contributed by atoms with Gasteiger partial charge in [0.1, 0.15) is 11.3 Å². The Hall–Kier alpha value is -2.28. The van der Waals surface area contributed by atoms with Gasteiger partial charge in [0, 0.05) is 11.6 Å². The zero-order valence-electron chi connectivity index (χ0n) is 12.9. The van der Waals surface area contributed by atoms with Crippen molar-refractivity contribution < 1.29 is 4.39 Å². The second-order valence-corrected chi connectivity index (χ2v) is 6.36. The minimum Gasteiger partial charge on any atom is -0.364 e. The number of nitrogens with one attached hydrogen (secondary N) is 1. The largest absolute Gasteiger partial charge is 0.364 e. The van der Waals surface area contributed by atoms with Crippen LogP contribution in [0.3, 0.4) is 0 Å². The fourth-order valence-electron chi connectivity index (χ4n) is 3.12. The first-order valence-electron chi connectivity index (χ1n) is 7.97. The van der Waals surface area contributed by atoms with Crippen molar-refractivity contribution in [2.45, 2.75) is 38.3 Å². The summed E-state index contributed by atoms with van der Waals surface area (Å²) < 4.78 is 15.5. The minimum absolute atomic E-state index is 0.211. The van der Waals surface area contributed by atoms with Gasteiger partial charge in [0.25, 0.3) is 0 Å². The molecule has 0 radical (unpaired) electrons. The molecular weight excluding hydrogens is 331 g/mol. The SMILES string of the molecule is Fc1ccccc1Cn1nnc2c(NC3CCCC3)nnc(Cl)c21. The third-order valence-electron chi connectivity index (χ3n) is 4.37. The molecule has 0 atom stereocenters. The van der Waals surface area contributed by atoms with E-state index >= 15 is 0 Å². The van der Waals surface area contributed by atoms with Crippen molar-refractivity contribution in [2.24, 2.45) is 0 Å². The number of rotatable bonds is 4. The van der Waals surface area contributed by atoms with Crippen LogP contribution in [0.25, 0.3) is 11.0 Å². The van der Waals surface area contributed by atoms with Crippen molar-refractivity contribution in [1.82, 2.24) is 25.2 Å². The first kappa shape index (κ1) is 15.3. The van der Waals surface area contributed by atoms with E-state index < -0.39 is 0 Å². The molecule has 2 aromatic heterocycles. The van der Waals surface area contributed by atoms with E-state index in [1.165, 1.54) is 18.9 Å². The van der Waals surface area contributed by atoms with Crippen molar-refractivity contribution in [2.75, 3.05) is 5.32 Å². The predicted octanol–water partition coefficient (Wildman–Crippen LogP) is 3.42. The molecule has 0 saturated heterocycles. The quantitative estimate of drug-likeness (QED) is 0.784. The maximum absolute atomic E-state index is 13.9. The number of fused-ring (bicyclic) bond motifs is 1. The highest BCUT2D eigenvalue weighted by molar-refractivity contribution is 6.33. The summed E-state index contributed by atoms with van der Waals surface area (Å²) in [7, 11) is 0. The lowest BCUT2D eigenvalue weighted by Gasteiger charge is -2.12. The summed E-state index contributed by atoms with van der Waals surface area (Å²) in [6.45, 7) is 0.234. The zero-order chi connectivity index (χ0) is 16.5. The first-order valence-corrected chi connectivity index (χ1v) is 8.35. The van der Waals surface area contributed by atoms with E-state index in [4.69, 9.17) is 11.6 Å². The van der Waals surface area contributed by atoms with Gasteiger partial charge in [0.05, 0.1) is 6.54 Å². The maximum Gasteiger partial charge on any atom is 0.179 e. The van der Waals surface area contributed by atoms with Gasteiger partial charge in [-0.1, -0.05) is 47.9 Å². The van der Waals surface area contributed by atoms with Gasteiger partial charge in [-0.2, -0.15) is 0 Å². The van der Waals surface area contributed by atoms with E-state index in [1.54, 1.807) is 22.9 Å². The molecule has 1 aromatic carbocycles. The summed E-state index contributed by atoms with van der Waals surface area (Å²) in [5.41, 5.74) is 1.65. The van der Waals surface area contributed by atoms with Gasteiger partial charge in [0.2, 0.25) is 0 Å². The molecule has 0 unspecified atom stereocenters. The van der Waals surface area contributed by atoms with E-state index in [-0.39, 0.29) is 17.5 Å². The molecule has 1 N–H and O–H groups in total. The Bertz CT molecular complexity index is 874. The van der Waals surface area contributed by atoms with Crippen LogP contribution in [-0.4, -0.2) is 31.2 Å². The van der Waals surface area contributed by atoms with Crippen molar-refractivity contribution in [3.63, 3.8) is 0 Å². The third-order valence-corrected chi connectivity index (χ3v) is 4.62. The molecule has 3 aromatic rings. The second kappa shape index (κ2) is 6.32. The van der Waals surface area contributed by atoms with Gasteiger partial charge in [-0.15, -0.1) is 15.3 Å². The van der Waals surface area contributed by atoms with Crippen molar-refractivity contribution in [3.05, 3.63) is 40.8 Å². The summed E-state index contributed by atoms with van der Waals surface area (Å²) >= 11 is 6.20. The standard InChI is InChI=1S/C16H16ClFN6/c17-15-14-13(16(22-21-15)19-11-6-2-3-7-11)20-23-24(14)9-10-5-1-4-8-12(10)18/h1,4-5,8,11H,2-3,6-7,9H2,(H,19,22). The number of hydrogen-bond acceptors (Lipinski definition) is 5. The normalized spacial score (nSPS) is 15.2. The topological polar surface area (TPSA) is 68.5 Å². The summed E-state index contributed by atoms with van der Waals surface area (Å²) in [6, 6.07) is 6.94. The molecule has 0 bridgehead atoms. The van der Waals surface area contributed by atoms with Gasteiger partial charge in [-0.3, -0.25) is 0 Å². The Balaban J connectivity index is 1.71. The van der Waals surface area contributed by atoms with Crippen LogP contribution in [0.1, 0.15) is 31.2 Å². The van der Waals surface area contributed by atoms with Gasteiger partial charge in [-0.25, -0.2) is 9.07 Å². The lowest BCUT2D eigenvalue weighted by molar-refractivity contribution is 0.583. The number of anilines is 1. The van der Waals surface area contributed by atoms with Crippen LogP contribution in [0.5, 0.6) is 0 Å². The summed E-state index contributed by atoms with van der Waals surface area (Å²) in [5, 5.41) is 20.0. The zero-order valence-corrected chi connectivity index (χ0v) is 13.7. The highest BCUT2D eigenvalue weighted by atomic mass is 35.5.